The van der Waals surface area contributed by atoms with Gasteiger partial charge >= 0.3 is 0 Å². The van der Waals surface area contributed by atoms with Gasteiger partial charge in [-0.2, -0.15) is 0 Å². The minimum Gasteiger partial charge on any atom is -0.384 e. The molecule has 0 atom stereocenters. The van der Waals surface area contributed by atoms with E-state index in [1.165, 1.54) is 0 Å². The maximum atomic E-state index is 12.4. The van der Waals surface area contributed by atoms with Crippen LogP contribution in [0.5, 0.6) is 0 Å². The van der Waals surface area contributed by atoms with Crippen molar-refractivity contribution in [3.8, 4) is 0 Å². The Hall–Kier alpha value is -2.40. The van der Waals surface area contributed by atoms with Crippen LogP contribution in [-0.2, 0) is 0 Å². The Kier molecular flexibility index (Phi) is 5.71. The number of anilines is 2. The van der Waals surface area contributed by atoms with Crippen LogP contribution < -0.4 is 10.6 Å². The molecule has 0 fully saturated rings. The van der Waals surface area contributed by atoms with Crippen molar-refractivity contribution in [2.45, 2.75) is 13.8 Å². The van der Waals surface area contributed by atoms with Gasteiger partial charge in [0.2, 0.25) is 0 Å². The molecule has 0 aliphatic rings. The lowest BCUT2D eigenvalue weighted by Gasteiger charge is -2.12. The normalized spacial score (nSPS) is 10.7. The summed E-state index contributed by atoms with van der Waals surface area (Å²) in [7, 11) is 4.05. The van der Waals surface area contributed by atoms with Crippen molar-refractivity contribution in [2.24, 2.45) is 0 Å². The number of aromatic nitrogens is 1. The van der Waals surface area contributed by atoms with Crippen molar-refractivity contribution < 1.29 is 4.79 Å². The van der Waals surface area contributed by atoms with Gasteiger partial charge in [-0.15, -0.1) is 0 Å². The third-order valence-electron chi connectivity index (χ3n) is 3.36. The molecule has 5 heteroatoms. The zero-order chi connectivity index (χ0) is 16.8. The largest absolute Gasteiger partial charge is 0.384 e. The fourth-order valence-electron chi connectivity index (χ4n) is 2.33. The number of nitrogens with one attached hydrogen (secondary N) is 2. The van der Waals surface area contributed by atoms with E-state index in [4.69, 9.17) is 0 Å². The Balaban J connectivity index is 2.04. The fourth-order valence-corrected chi connectivity index (χ4v) is 2.33. The van der Waals surface area contributed by atoms with Crippen molar-refractivity contribution in [3.05, 3.63) is 53.3 Å². The number of carbonyl (C=O) groups is 1. The van der Waals surface area contributed by atoms with Crippen molar-refractivity contribution in [1.82, 2.24) is 9.88 Å². The fraction of sp³-hybridized carbons (Fsp3) is 0.333. The highest BCUT2D eigenvalue weighted by Crippen LogP contribution is 2.15. The molecule has 0 unspecified atom stereocenters. The first-order valence-corrected chi connectivity index (χ1v) is 7.68. The molecule has 0 aliphatic carbocycles. The number of pyridine rings is 1. The van der Waals surface area contributed by atoms with E-state index < -0.39 is 0 Å². The summed E-state index contributed by atoms with van der Waals surface area (Å²) in [5.41, 5.74) is 4.33. The maximum absolute atomic E-state index is 12.4. The molecule has 0 saturated carbocycles. The SMILES string of the molecule is Cc1cc(C)cc(NC(=O)c2cc(NCCN(C)C)ccn2)c1. The second-order valence-electron chi connectivity index (χ2n) is 5.99. The maximum Gasteiger partial charge on any atom is 0.274 e. The van der Waals surface area contributed by atoms with Gasteiger partial charge in [0.15, 0.2) is 0 Å². The molecule has 1 aromatic heterocycles. The molecule has 1 amide bonds. The second kappa shape index (κ2) is 7.74. The van der Waals surface area contributed by atoms with E-state index in [1.807, 2.05) is 46.1 Å². The molecule has 0 aliphatic heterocycles. The Morgan fingerprint density at radius 2 is 1.78 bits per heavy atom. The molecule has 0 bridgehead atoms. The van der Waals surface area contributed by atoms with E-state index in [9.17, 15) is 4.79 Å². The monoisotopic (exact) mass is 312 g/mol. The Bertz CT molecular complexity index is 662. The van der Waals surface area contributed by atoms with Crippen molar-refractivity contribution >= 4 is 17.3 Å². The summed E-state index contributed by atoms with van der Waals surface area (Å²) in [5, 5.41) is 6.20. The Labute approximate surface area is 137 Å². The average molecular weight is 312 g/mol. The molecule has 0 radical (unpaired) electrons. The molecule has 2 aromatic rings. The molecule has 23 heavy (non-hydrogen) atoms. The molecular weight excluding hydrogens is 288 g/mol. The molecule has 1 heterocycles. The number of nitrogens with zero attached hydrogens (tertiary/aromatic N) is 2. The van der Waals surface area contributed by atoms with Crippen LogP contribution in [-0.4, -0.2) is 43.0 Å². The van der Waals surface area contributed by atoms with Gasteiger partial charge < -0.3 is 15.5 Å². The van der Waals surface area contributed by atoms with Gasteiger partial charge in [0.05, 0.1) is 0 Å². The zero-order valence-corrected chi connectivity index (χ0v) is 14.2. The number of aryl methyl sites for hydroxylation is 2. The summed E-state index contributed by atoms with van der Waals surface area (Å²) in [6.07, 6.45) is 1.65. The number of amides is 1. The topological polar surface area (TPSA) is 57.3 Å². The van der Waals surface area contributed by atoms with Crippen LogP contribution in [0.2, 0.25) is 0 Å². The van der Waals surface area contributed by atoms with E-state index in [2.05, 4.69) is 26.6 Å². The standard InChI is InChI=1S/C18H24N4O/c1-13-9-14(2)11-16(10-13)21-18(23)17-12-15(5-6-20-17)19-7-8-22(3)4/h5-6,9-12H,7-8H2,1-4H3,(H,19,20)(H,21,23). The number of hydrogen-bond donors (Lipinski definition) is 2. The highest BCUT2D eigenvalue weighted by Gasteiger charge is 2.09. The molecule has 0 spiro atoms. The van der Waals surface area contributed by atoms with Gasteiger partial charge in [-0.3, -0.25) is 9.78 Å². The van der Waals surface area contributed by atoms with Gasteiger partial charge in [-0.05, 0) is 63.3 Å². The van der Waals surface area contributed by atoms with Crippen LogP contribution in [0.3, 0.4) is 0 Å². The number of likely N-dealkylation sites (N-methyl/N-ethyl adjacent to an activating group) is 1. The van der Waals surface area contributed by atoms with Crippen molar-refractivity contribution in [3.63, 3.8) is 0 Å². The van der Waals surface area contributed by atoms with E-state index in [-0.39, 0.29) is 5.91 Å². The van der Waals surface area contributed by atoms with Gasteiger partial charge in [0.25, 0.3) is 5.91 Å². The lowest BCUT2D eigenvalue weighted by Crippen LogP contribution is -2.21. The smallest absolute Gasteiger partial charge is 0.274 e. The number of benzene rings is 1. The lowest BCUT2D eigenvalue weighted by atomic mass is 10.1. The average Bonchev–Trinajstić information content (AvgIpc) is 2.46. The van der Waals surface area contributed by atoms with Gasteiger partial charge in [0, 0.05) is 30.7 Å². The quantitative estimate of drug-likeness (QED) is 0.861. The van der Waals surface area contributed by atoms with E-state index in [0.717, 1.165) is 35.6 Å². The summed E-state index contributed by atoms with van der Waals surface area (Å²) in [4.78, 5) is 18.6. The summed E-state index contributed by atoms with van der Waals surface area (Å²) in [5.74, 6) is -0.203. The molecule has 2 N–H and O–H groups in total. The molecule has 122 valence electrons. The zero-order valence-electron chi connectivity index (χ0n) is 14.2. The minimum absolute atomic E-state index is 0.203. The van der Waals surface area contributed by atoms with Crippen LogP contribution in [0, 0.1) is 13.8 Å². The summed E-state index contributed by atoms with van der Waals surface area (Å²) in [6, 6.07) is 9.61. The van der Waals surface area contributed by atoms with Gasteiger partial charge in [-0.25, -0.2) is 0 Å². The summed E-state index contributed by atoms with van der Waals surface area (Å²) < 4.78 is 0. The van der Waals surface area contributed by atoms with Crippen LogP contribution in [0.25, 0.3) is 0 Å². The lowest BCUT2D eigenvalue weighted by molar-refractivity contribution is 0.102. The first-order valence-electron chi connectivity index (χ1n) is 7.68. The van der Waals surface area contributed by atoms with E-state index in [1.54, 1.807) is 12.3 Å². The Morgan fingerprint density at radius 3 is 2.43 bits per heavy atom. The summed E-state index contributed by atoms with van der Waals surface area (Å²) >= 11 is 0. The third-order valence-corrected chi connectivity index (χ3v) is 3.36. The highest BCUT2D eigenvalue weighted by atomic mass is 16.1. The van der Waals surface area contributed by atoms with Crippen LogP contribution in [0.1, 0.15) is 21.6 Å². The van der Waals surface area contributed by atoms with Crippen LogP contribution >= 0.6 is 0 Å². The molecule has 2 rings (SSSR count). The predicted octanol–water partition coefficient (Wildman–Crippen LogP) is 2.92. The molecule has 1 aromatic carbocycles. The first kappa shape index (κ1) is 17.0. The highest BCUT2D eigenvalue weighted by molar-refractivity contribution is 6.03. The van der Waals surface area contributed by atoms with Gasteiger partial charge in [-0.1, -0.05) is 6.07 Å². The molecular formula is C18H24N4O. The van der Waals surface area contributed by atoms with Crippen molar-refractivity contribution in [1.29, 1.82) is 0 Å². The van der Waals surface area contributed by atoms with E-state index in [0.29, 0.717) is 5.69 Å². The number of carbonyl (C=O) groups excluding carboxylic acids is 1. The third kappa shape index (κ3) is 5.38. The second-order valence-corrected chi connectivity index (χ2v) is 5.99. The molecule has 0 saturated heterocycles. The van der Waals surface area contributed by atoms with Crippen LogP contribution in [0.4, 0.5) is 11.4 Å². The number of hydrogen-bond acceptors (Lipinski definition) is 4. The van der Waals surface area contributed by atoms with Crippen LogP contribution in [0.15, 0.2) is 36.5 Å². The predicted molar refractivity (Wildman–Crippen MR) is 95.1 cm³/mol. The minimum atomic E-state index is -0.203. The number of rotatable bonds is 6. The first-order chi connectivity index (χ1) is 10.9. The van der Waals surface area contributed by atoms with E-state index >= 15 is 0 Å². The van der Waals surface area contributed by atoms with Gasteiger partial charge in [0.1, 0.15) is 5.69 Å². The summed E-state index contributed by atoms with van der Waals surface area (Å²) in [6.45, 7) is 5.76. The molecule has 5 nitrogen and oxygen atoms in total. The Morgan fingerprint density at radius 1 is 1.09 bits per heavy atom. The van der Waals surface area contributed by atoms with Crippen molar-refractivity contribution in [2.75, 3.05) is 37.8 Å².